The summed E-state index contributed by atoms with van der Waals surface area (Å²) in [5.41, 5.74) is 1.08. The zero-order valence-electron chi connectivity index (χ0n) is 13.1. The zero-order valence-corrected chi connectivity index (χ0v) is 14.7. The van der Waals surface area contributed by atoms with E-state index in [0.29, 0.717) is 11.8 Å². The minimum Gasteiger partial charge on any atom is -0.340 e. The highest BCUT2D eigenvalue weighted by molar-refractivity contribution is 5.85. The van der Waals surface area contributed by atoms with Crippen molar-refractivity contribution >= 4 is 30.7 Å². The fourth-order valence-corrected chi connectivity index (χ4v) is 3.51. The molecular weight excluding hydrogens is 321 g/mol. The Morgan fingerprint density at radius 2 is 1.68 bits per heavy atom. The SMILES string of the molecule is CN(C)C(C(=O)N1C[C@H]2CNC[C@H]2C1)c1ccccc1.Cl.Cl. The molecule has 22 heavy (non-hydrogen) atoms. The monoisotopic (exact) mass is 345 g/mol. The van der Waals surface area contributed by atoms with Gasteiger partial charge in [-0.2, -0.15) is 0 Å². The predicted octanol–water partition coefficient (Wildman–Crippen LogP) is 1.81. The Morgan fingerprint density at radius 3 is 2.18 bits per heavy atom. The minimum atomic E-state index is -0.164. The number of hydrogen-bond donors (Lipinski definition) is 1. The first-order chi connectivity index (χ1) is 9.66. The quantitative estimate of drug-likeness (QED) is 0.907. The number of benzene rings is 1. The fourth-order valence-electron chi connectivity index (χ4n) is 3.51. The van der Waals surface area contributed by atoms with Crippen LogP contribution in [0.3, 0.4) is 0 Å². The van der Waals surface area contributed by atoms with E-state index in [0.717, 1.165) is 31.7 Å². The van der Waals surface area contributed by atoms with Crippen molar-refractivity contribution in [3.63, 3.8) is 0 Å². The van der Waals surface area contributed by atoms with Crippen LogP contribution in [0.15, 0.2) is 30.3 Å². The first-order valence-corrected chi connectivity index (χ1v) is 7.37. The third-order valence-electron chi connectivity index (χ3n) is 4.57. The molecule has 1 amide bonds. The van der Waals surface area contributed by atoms with Crippen molar-refractivity contribution in [3.8, 4) is 0 Å². The number of nitrogens with zero attached hydrogens (tertiary/aromatic N) is 2. The van der Waals surface area contributed by atoms with Crippen LogP contribution in [-0.4, -0.2) is 56.0 Å². The van der Waals surface area contributed by atoms with Gasteiger partial charge in [-0.05, 0) is 31.5 Å². The van der Waals surface area contributed by atoms with Crippen molar-refractivity contribution in [1.82, 2.24) is 15.1 Å². The molecule has 1 N–H and O–H groups in total. The molecule has 1 aromatic rings. The van der Waals surface area contributed by atoms with Crippen LogP contribution in [0, 0.1) is 11.8 Å². The average Bonchev–Trinajstić information content (AvgIpc) is 3.00. The molecule has 2 saturated heterocycles. The van der Waals surface area contributed by atoms with Crippen LogP contribution in [0.2, 0.25) is 0 Å². The van der Waals surface area contributed by atoms with E-state index in [1.807, 2.05) is 49.3 Å². The van der Waals surface area contributed by atoms with Crippen molar-refractivity contribution in [2.75, 3.05) is 40.3 Å². The third kappa shape index (κ3) is 3.74. The Morgan fingerprint density at radius 1 is 1.14 bits per heavy atom. The van der Waals surface area contributed by atoms with E-state index in [9.17, 15) is 4.79 Å². The summed E-state index contributed by atoms with van der Waals surface area (Å²) in [6.07, 6.45) is 0. The van der Waals surface area contributed by atoms with Gasteiger partial charge in [0.1, 0.15) is 6.04 Å². The molecule has 2 aliphatic heterocycles. The Bertz CT molecular complexity index is 472. The van der Waals surface area contributed by atoms with E-state index >= 15 is 0 Å². The molecule has 4 nitrogen and oxygen atoms in total. The molecule has 0 aliphatic carbocycles. The molecule has 0 radical (unpaired) electrons. The number of amides is 1. The number of nitrogens with one attached hydrogen (secondary N) is 1. The van der Waals surface area contributed by atoms with E-state index in [4.69, 9.17) is 0 Å². The van der Waals surface area contributed by atoms with Crippen LogP contribution in [0.25, 0.3) is 0 Å². The summed E-state index contributed by atoms with van der Waals surface area (Å²) in [6, 6.07) is 9.92. The van der Waals surface area contributed by atoms with Gasteiger partial charge in [0.15, 0.2) is 0 Å². The number of rotatable bonds is 3. The third-order valence-corrected chi connectivity index (χ3v) is 4.57. The Hall–Kier alpha value is -0.810. The maximum Gasteiger partial charge on any atom is 0.244 e. The van der Waals surface area contributed by atoms with Gasteiger partial charge in [0.2, 0.25) is 5.91 Å². The maximum atomic E-state index is 12.9. The summed E-state index contributed by atoms with van der Waals surface area (Å²) in [5.74, 6) is 1.55. The summed E-state index contributed by atoms with van der Waals surface area (Å²) in [6.45, 7) is 3.94. The van der Waals surface area contributed by atoms with Gasteiger partial charge in [0.25, 0.3) is 0 Å². The molecule has 2 aliphatic rings. The van der Waals surface area contributed by atoms with Crippen LogP contribution < -0.4 is 5.32 Å². The molecular formula is C16H25Cl2N3O. The number of hydrogen-bond acceptors (Lipinski definition) is 3. The number of halogens is 2. The fraction of sp³-hybridized carbons (Fsp3) is 0.562. The van der Waals surface area contributed by atoms with Crippen LogP contribution >= 0.6 is 24.8 Å². The molecule has 2 fully saturated rings. The van der Waals surface area contributed by atoms with Crippen LogP contribution in [0.1, 0.15) is 11.6 Å². The lowest BCUT2D eigenvalue weighted by atomic mass is 10.0. The number of carbonyl (C=O) groups excluding carboxylic acids is 1. The highest BCUT2D eigenvalue weighted by atomic mass is 35.5. The number of likely N-dealkylation sites (tertiary alicyclic amines) is 1. The Labute approximate surface area is 145 Å². The van der Waals surface area contributed by atoms with Gasteiger partial charge < -0.3 is 10.2 Å². The average molecular weight is 346 g/mol. The lowest BCUT2D eigenvalue weighted by Gasteiger charge is -2.29. The molecule has 1 aromatic carbocycles. The van der Waals surface area contributed by atoms with Crippen molar-refractivity contribution in [1.29, 1.82) is 0 Å². The van der Waals surface area contributed by atoms with E-state index in [1.54, 1.807) is 0 Å². The molecule has 0 spiro atoms. The normalized spacial score (nSPS) is 24.4. The molecule has 0 saturated carbocycles. The molecule has 0 aromatic heterocycles. The smallest absolute Gasteiger partial charge is 0.244 e. The summed E-state index contributed by atoms with van der Waals surface area (Å²) >= 11 is 0. The van der Waals surface area contributed by atoms with Gasteiger partial charge in [0, 0.05) is 26.2 Å². The predicted molar refractivity (Wildman–Crippen MR) is 93.8 cm³/mol. The number of fused-ring (bicyclic) bond motifs is 1. The van der Waals surface area contributed by atoms with E-state index in [2.05, 4.69) is 10.2 Å². The second-order valence-electron chi connectivity index (χ2n) is 6.20. The molecule has 124 valence electrons. The molecule has 1 unspecified atom stereocenters. The lowest BCUT2D eigenvalue weighted by molar-refractivity contribution is -0.135. The lowest BCUT2D eigenvalue weighted by Crippen LogP contribution is -2.40. The van der Waals surface area contributed by atoms with Crippen LogP contribution in [-0.2, 0) is 4.79 Å². The van der Waals surface area contributed by atoms with Crippen molar-refractivity contribution < 1.29 is 4.79 Å². The standard InChI is InChI=1S/C16H23N3O.2ClH/c1-18(2)15(12-6-4-3-5-7-12)16(20)19-10-13-8-17-9-14(13)11-19;;/h3-7,13-15,17H,8-11H2,1-2H3;2*1H/t13-,14+,15?;;. The highest BCUT2D eigenvalue weighted by Gasteiger charge is 2.40. The van der Waals surface area contributed by atoms with Gasteiger partial charge in [-0.15, -0.1) is 24.8 Å². The first kappa shape index (κ1) is 19.2. The second-order valence-corrected chi connectivity index (χ2v) is 6.20. The Kier molecular flexibility index (Phi) is 7.13. The largest absolute Gasteiger partial charge is 0.340 e. The summed E-state index contributed by atoms with van der Waals surface area (Å²) in [4.78, 5) is 17.0. The summed E-state index contributed by atoms with van der Waals surface area (Å²) in [5, 5.41) is 3.42. The zero-order chi connectivity index (χ0) is 14.1. The summed E-state index contributed by atoms with van der Waals surface area (Å²) < 4.78 is 0. The van der Waals surface area contributed by atoms with Crippen LogP contribution in [0.4, 0.5) is 0 Å². The van der Waals surface area contributed by atoms with E-state index < -0.39 is 0 Å². The number of likely N-dealkylation sites (N-methyl/N-ethyl adjacent to an activating group) is 1. The molecule has 2 heterocycles. The molecule has 0 bridgehead atoms. The van der Waals surface area contributed by atoms with Gasteiger partial charge in [-0.25, -0.2) is 0 Å². The molecule has 3 rings (SSSR count). The van der Waals surface area contributed by atoms with Gasteiger partial charge >= 0.3 is 0 Å². The maximum absolute atomic E-state index is 12.9. The Balaban J connectivity index is 0.00000121. The molecule has 3 atom stereocenters. The second kappa shape index (κ2) is 8.16. The van der Waals surface area contributed by atoms with Crippen molar-refractivity contribution in [2.45, 2.75) is 6.04 Å². The van der Waals surface area contributed by atoms with Crippen LogP contribution in [0.5, 0.6) is 0 Å². The van der Waals surface area contributed by atoms with E-state index in [1.165, 1.54) is 0 Å². The van der Waals surface area contributed by atoms with Gasteiger partial charge in [-0.3, -0.25) is 9.69 Å². The van der Waals surface area contributed by atoms with Crippen molar-refractivity contribution in [2.24, 2.45) is 11.8 Å². The van der Waals surface area contributed by atoms with Gasteiger partial charge in [-0.1, -0.05) is 30.3 Å². The van der Waals surface area contributed by atoms with Crippen molar-refractivity contribution in [3.05, 3.63) is 35.9 Å². The minimum absolute atomic E-state index is 0. The number of carbonyl (C=O) groups is 1. The molecule has 6 heteroatoms. The highest BCUT2D eigenvalue weighted by Crippen LogP contribution is 2.30. The first-order valence-electron chi connectivity index (χ1n) is 7.37. The van der Waals surface area contributed by atoms with Gasteiger partial charge in [0.05, 0.1) is 0 Å². The topological polar surface area (TPSA) is 35.6 Å². The summed E-state index contributed by atoms with van der Waals surface area (Å²) in [7, 11) is 3.96. The van der Waals surface area contributed by atoms with E-state index in [-0.39, 0.29) is 36.8 Å².